The maximum Gasteiger partial charge on any atom is 0.309 e. The summed E-state index contributed by atoms with van der Waals surface area (Å²) < 4.78 is 10.6. The van der Waals surface area contributed by atoms with Crippen LogP contribution in [-0.2, 0) is 16.0 Å². The summed E-state index contributed by atoms with van der Waals surface area (Å²) in [4.78, 5) is 11.5. The highest BCUT2D eigenvalue weighted by atomic mass is 16.6. The number of esters is 1. The molecule has 0 aromatic heterocycles. The monoisotopic (exact) mass is 296 g/mol. The van der Waals surface area contributed by atoms with Crippen molar-refractivity contribution in [2.75, 3.05) is 13.2 Å². The summed E-state index contributed by atoms with van der Waals surface area (Å²) in [5.74, 6) is 0.453. The highest BCUT2D eigenvalue weighted by molar-refractivity contribution is 5.69. The van der Waals surface area contributed by atoms with Gasteiger partial charge in [0.1, 0.15) is 11.4 Å². The third-order valence-corrected chi connectivity index (χ3v) is 2.32. The molecule has 1 rings (SSSR count). The van der Waals surface area contributed by atoms with Crippen molar-refractivity contribution in [2.24, 2.45) is 0 Å². The van der Waals surface area contributed by atoms with Crippen LogP contribution in [0.3, 0.4) is 0 Å². The van der Waals surface area contributed by atoms with E-state index < -0.39 is 5.60 Å². The van der Waals surface area contributed by atoms with Gasteiger partial charge >= 0.3 is 5.97 Å². The molecule has 0 amide bonds. The number of ether oxygens (including phenoxy) is 2. The molecule has 0 aliphatic rings. The smallest absolute Gasteiger partial charge is 0.309 e. The molecular formula is C17H28O4. The average Bonchev–Trinajstić information content (AvgIpc) is 2.41. The van der Waals surface area contributed by atoms with Crippen molar-refractivity contribution < 1.29 is 19.4 Å². The molecule has 0 aliphatic carbocycles. The Balaban J connectivity index is 0.00000191. The first kappa shape index (κ1) is 19.4. The van der Waals surface area contributed by atoms with Crippen LogP contribution in [0.1, 0.15) is 46.6 Å². The Morgan fingerprint density at radius 1 is 1.14 bits per heavy atom. The first-order chi connectivity index (χ1) is 9.90. The molecule has 4 nitrogen and oxygen atoms in total. The van der Waals surface area contributed by atoms with E-state index >= 15 is 0 Å². The van der Waals surface area contributed by atoms with Gasteiger partial charge in [-0.25, -0.2) is 0 Å². The van der Waals surface area contributed by atoms with E-state index in [1.165, 1.54) is 0 Å². The lowest BCUT2D eigenvalue weighted by atomic mass is 10.1. The third kappa shape index (κ3) is 9.91. The quantitative estimate of drug-likeness (QED) is 0.818. The second-order valence-corrected chi connectivity index (χ2v) is 5.30. The van der Waals surface area contributed by atoms with E-state index in [1.54, 1.807) is 0 Å². The predicted molar refractivity (Wildman–Crippen MR) is 84.5 cm³/mol. The first-order valence-corrected chi connectivity index (χ1v) is 7.45. The third-order valence-electron chi connectivity index (χ3n) is 2.32. The number of carbonyl (C=O) groups is 1. The summed E-state index contributed by atoms with van der Waals surface area (Å²) in [5, 5.41) is 8.80. The molecule has 0 unspecified atom stereocenters. The number of hydrogen-bond donors (Lipinski definition) is 1. The topological polar surface area (TPSA) is 55.8 Å². The average molecular weight is 296 g/mol. The number of hydrogen-bond acceptors (Lipinski definition) is 4. The molecule has 0 aliphatic heterocycles. The normalized spacial score (nSPS) is 10.4. The van der Waals surface area contributed by atoms with Crippen molar-refractivity contribution >= 4 is 5.97 Å². The van der Waals surface area contributed by atoms with Crippen molar-refractivity contribution in [3.63, 3.8) is 0 Å². The molecule has 0 saturated heterocycles. The van der Waals surface area contributed by atoms with Crippen LogP contribution in [0.5, 0.6) is 5.75 Å². The van der Waals surface area contributed by atoms with E-state index in [9.17, 15) is 4.79 Å². The molecule has 0 spiro atoms. The fraction of sp³-hybridized carbons (Fsp3) is 0.588. The fourth-order valence-corrected chi connectivity index (χ4v) is 1.53. The lowest BCUT2D eigenvalue weighted by Crippen LogP contribution is -2.24. The minimum absolute atomic E-state index is 0.138. The summed E-state index contributed by atoms with van der Waals surface area (Å²) in [5.41, 5.74) is 0.602. The molecule has 1 aromatic rings. The van der Waals surface area contributed by atoms with Crippen molar-refractivity contribution in [2.45, 2.75) is 53.1 Å². The zero-order valence-electron chi connectivity index (χ0n) is 13.8. The predicted octanol–water partition coefficient (Wildman–Crippen LogP) is 3.36. The molecule has 120 valence electrons. The van der Waals surface area contributed by atoms with E-state index in [2.05, 4.69) is 0 Å². The molecule has 1 aromatic carbocycles. The highest BCUT2D eigenvalue weighted by Gasteiger charge is 2.15. The Bertz CT molecular complexity index is 390. The van der Waals surface area contributed by atoms with E-state index in [0.29, 0.717) is 18.8 Å². The van der Waals surface area contributed by atoms with Crippen molar-refractivity contribution in [1.82, 2.24) is 0 Å². The molecule has 4 heteroatoms. The molecule has 0 bridgehead atoms. The van der Waals surface area contributed by atoms with Gasteiger partial charge in [0.15, 0.2) is 0 Å². The van der Waals surface area contributed by atoms with Gasteiger partial charge in [-0.05, 0) is 44.9 Å². The number of aliphatic hydroxyl groups is 1. The van der Waals surface area contributed by atoms with Crippen LogP contribution in [0.25, 0.3) is 0 Å². The van der Waals surface area contributed by atoms with Crippen molar-refractivity contribution in [3.05, 3.63) is 29.8 Å². The number of benzene rings is 1. The molecule has 0 fully saturated rings. The van der Waals surface area contributed by atoms with Gasteiger partial charge in [0.2, 0.25) is 0 Å². The van der Waals surface area contributed by atoms with Gasteiger partial charge in [0.05, 0.1) is 13.0 Å². The summed E-state index contributed by atoms with van der Waals surface area (Å²) in [7, 11) is 0. The van der Waals surface area contributed by atoms with Gasteiger partial charge in [0.25, 0.3) is 0 Å². The number of carbonyl (C=O) groups excluding carboxylic acids is 1. The number of aliphatic hydroxyl groups excluding tert-OH is 1. The molecule has 0 radical (unpaired) electrons. The summed E-state index contributed by atoms with van der Waals surface area (Å²) >= 11 is 0. The van der Waals surface area contributed by atoms with Gasteiger partial charge in [-0.2, -0.15) is 0 Å². The molecule has 1 N–H and O–H groups in total. The van der Waals surface area contributed by atoms with E-state index in [1.807, 2.05) is 58.9 Å². The largest absolute Gasteiger partial charge is 0.493 e. The Morgan fingerprint density at radius 3 is 2.19 bits per heavy atom. The van der Waals surface area contributed by atoms with Gasteiger partial charge in [-0.15, -0.1) is 0 Å². The van der Waals surface area contributed by atoms with Gasteiger partial charge in [-0.3, -0.25) is 4.79 Å². The van der Waals surface area contributed by atoms with Gasteiger partial charge < -0.3 is 14.6 Å². The number of rotatable bonds is 6. The second kappa shape index (κ2) is 10.2. The maximum absolute atomic E-state index is 11.5. The fourth-order valence-electron chi connectivity index (χ4n) is 1.53. The second-order valence-electron chi connectivity index (χ2n) is 5.30. The van der Waals surface area contributed by atoms with Crippen LogP contribution in [0.4, 0.5) is 0 Å². The van der Waals surface area contributed by atoms with E-state index in [0.717, 1.165) is 5.56 Å². The summed E-state index contributed by atoms with van der Waals surface area (Å²) in [6, 6.07) is 7.47. The lowest BCUT2D eigenvalue weighted by molar-refractivity contribution is -0.155. The van der Waals surface area contributed by atoms with Crippen LogP contribution in [0.2, 0.25) is 0 Å². The van der Waals surface area contributed by atoms with Gasteiger partial charge in [-0.1, -0.05) is 26.0 Å². The van der Waals surface area contributed by atoms with Crippen molar-refractivity contribution in [3.8, 4) is 5.75 Å². The zero-order valence-corrected chi connectivity index (χ0v) is 13.8. The molecule has 0 heterocycles. The van der Waals surface area contributed by atoms with Crippen LogP contribution in [0.15, 0.2) is 24.3 Å². The summed E-state index contributed by atoms with van der Waals surface area (Å²) in [6.45, 7) is 9.95. The highest BCUT2D eigenvalue weighted by Crippen LogP contribution is 2.13. The minimum Gasteiger partial charge on any atom is -0.493 e. The SMILES string of the molecule is CC.CC(C)(C)OC(=O)CCOc1ccc(CCO)cc1. The van der Waals surface area contributed by atoms with Crippen molar-refractivity contribution in [1.29, 1.82) is 0 Å². The standard InChI is InChI=1S/C15H22O4.C2H6/c1-15(2,3)19-14(17)9-11-18-13-6-4-12(5-7-13)8-10-16;1-2/h4-7,16H,8-11H2,1-3H3;1-2H3. The Hall–Kier alpha value is -1.55. The van der Waals surface area contributed by atoms with Crippen LogP contribution >= 0.6 is 0 Å². The lowest BCUT2D eigenvalue weighted by Gasteiger charge is -2.19. The van der Waals surface area contributed by atoms with Crippen LogP contribution in [0, 0.1) is 0 Å². The van der Waals surface area contributed by atoms with Crippen LogP contribution < -0.4 is 4.74 Å². The molecule has 21 heavy (non-hydrogen) atoms. The summed E-state index contributed by atoms with van der Waals surface area (Å²) in [6.07, 6.45) is 0.869. The Kier molecular flexibility index (Phi) is 9.46. The maximum atomic E-state index is 11.5. The minimum atomic E-state index is -0.455. The zero-order chi connectivity index (χ0) is 16.3. The van der Waals surface area contributed by atoms with E-state index in [-0.39, 0.29) is 19.0 Å². The molecule has 0 saturated carbocycles. The Labute approximate surface area is 128 Å². The first-order valence-electron chi connectivity index (χ1n) is 7.45. The van der Waals surface area contributed by atoms with Gasteiger partial charge in [0, 0.05) is 6.61 Å². The Morgan fingerprint density at radius 2 is 1.71 bits per heavy atom. The van der Waals surface area contributed by atoms with E-state index in [4.69, 9.17) is 14.6 Å². The molecule has 0 atom stereocenters. The molecular weight excluding hydrogens is 268 g/mol. The van der Waals surface area contributed by atoms with Crippen LogP contribution in [-0.4, -0.2) is 29.9 Å².